The second-order valence-electron chi connectivity index (χ2n) is 6.03. The minimum atomic E-state index is -0.575. The van der Waals surface area contributed by atoms with E-state index in [-0.39, 0.29) is 12.6 Å². The number of aromatic amines is 1. The van der Waals surface area contributed by atoms with Gasteiger partial charge in [-0.05, 0) is 13.3 Å². The molecule has 9 heteroatoms. The van der Waals surface area contributed by atoms with Gasteiger partial charge in [-0.1, -0.05) is 18.6 Å². The van der Waals surface area contributed by atoms with Crippen molar-refractivity contribution in [1.29, 1.82) is 0 Å². The van der Waals surface area contributed by atoms with Crippen molar-refractivity contribution in [1.82, 2.24) is 24.5 Å². The average molecular weight is 335 g/mol. The van der Waals surface area contributed by atoms with Crippen LogP contribution in [0.5, 0.6) is 0 Å². The van der Waals surface area contributed by atoms with E-state index < -0.39 is 23.6 Å². The number of H-pyrrole nitrogens is 1. The number of ether oxygens (including phenoxy) is 1. The minimum Gasteiger partial charge on any atom is -0.394 e. The maximum Gasteiger partial charge on any atom is 0.330 e. The topological polar surface area (TPSA) is 115 Å². The van der Waals surface area contributed by atoms with Gasteiger partial charge in [-0.2, -0.15) is 0 Å². The van der Waals surface area contributed by atoms with Crippen LogP contribution >= 0.6 is 0 Å². The van der Waals surface area contributed by atoms with Crippen LogP contribution in [-0.2, 0) is 11.2 Å². The molecule has 3 rings (SSSR count). The highest BCUT2D eigenvalue weighted by molar-refractivity contribution is 5.02. The van der Waals surface area contributed by atoms with E-state index in [1.54, 1.807) is 11.6 Å². The summed E-state index contributed by atoms with van der Waals surface area (Å²) in [7, 11) is 0. The van der Waals surface area contributed by atoms with Crippen molar-refractivity contribution in [2.75, 3.05) is 6.61 Å². The van der Waals surface area contributed by atoms with Crippen LogP contribution < -0.4 is 11.2 Å². The van der Waals surface area contributed by atoms with E-state index in [4.69, 9.17) is 4.74 Å². The van der Waals surface area contributed by atoms with Crippen molar-refractivity contribution in [2.24, 2.45) is 0 Å². The second-order valence-corrected chi connectivity index (χ2v) is 6.03. The van der Waals surface area contributed by atoms with E-state index in [1.807, 2.05) is 6.20 Å². The van der Waals surface area contributed by atoms with Crippen LogP contribution in [0.15, 0.2) is 22.0 Å². The molecule has 0 aromatic carbocycles. The van der Waals surface area contributed by atoms with Gasteiger partial charge in [-0.25, -0.2) is 9.48 Å². The molecule has 24 heavy (non-hydrogen) atoms. The first-order chi connectivity index (χ1) is 11.5. The highest BCUT2D eigenvalue weighted by Crippen LogP contribution is 2.35. The smallest absolute Gasteiger partial charge is 0.330 e. The number of rotatable bonds is 5. The minimum absolute atomic E-state index is 0.193. The molecular formula is C15H21N5O4. The summed E-state index contributed by atoms with van der Waals surface area (Å²) in [5.41, 5.74) is 0.367. The van der Waals surface area contributed by atoms with Crippen molar-refractivity contribution >= 4 is 0 Å². The summed E-state index contributed by atoms with van der Waals surface area (Å²) in [6.07, 6.45) is 4.51. The summed E-state index contributed by atoms with van der Waals surface area (Å²) in [5.74, 6) is 0. The number of aryl methyl sites for hydroxylation is 2. The van der Waals surface area contributed by atoms with E-state index in [0.717, 1.165) is 18.5 Å². The van der Waals surface area contributed by atoms with Gasteiger partial charge in [0.2, 0.25) is 0 Å². The lowest BCUT2D eigenvalue weighted by Gasteiger charge is -2.15. The molecule has 9 nitrogen and oxygen atoms in total. The second kappa shape index (κ2) is 6.70. The summed E-state index contributed by atoms with van der Waals surface area (Å²) >= 11 is 0. The van der Waals surface area contributed by atoms with Gasteiger partial charge in [-0.3, -0.25) is 14.3 Å². The third-order valence-corrected chi connectivity index (χ3v) is 4.24. The first-order valence-electron chi connectivity index (χ1n) is 8.02. The van der Waals surface area contributed by atoms with E-state index in [0.29, 0.717) is 12.0 Å². The summed E-state index contributed by atoms with van der Waals surface area (Å²) < 4.78 is 8.85. The monoisotopic (exact) mass is 335 g/mol. The quantitative estimate of drug-likeness (QED) is 0.789. The molecule has 3 heterocycles. The summed E-state index contributed by atoms with van der Waals surface area (Å²) in [6, 6.07) is -0.225. The molecular weight excluding hydrogens is 314 g/mol. The third-order valence-electron chi connectivity index (χ3n) is 4.24. The van der Waals surface area contributed by atoms with Crippen LogP contribution in [0, 0.1) is 6.92 Å². The largest absolute Gasteiger partial charge is 0.394 e. The van der Waals surface area contributed by atoms with Crippen molar-refractivity contribution < 1.29 is 9.84 Å². The first kappa shape index (κ1) is 16.6. The van der Waals surface area contributed by atoms with E-state index in [9.17, 15) is 14.7 Å². The van der Waals surface area contributed by atoms with Crippen molar-refractivity contribution in [2.45, 2.75) is 51.5 Å². The van der Waals surface area contributed by atoms with Gasteiger partial charge in [0.05, 0.1) is 18.3 Å². The van der Waals surface area contributed by atoms with Gasteiger partial charge in [-0.15, -0.1) is 5.10 Å². The van der Waals surface area contributed by atoms with E-state index in [1.165, 1.54) is 10.8 Å². The lowest BCUT2D eigenvalue weighted by molar-refractivity contribution is -0.0323. The zero-order valence-corrected chi connectivity index (χ0v) is 13.7. The number of nitrogens with zero attached hydrogens (tertiary/aromatic N) is 4. The summed E-state index contributed by atoms with van der Waals surface area (Å²) in [6.45, 7) is 3.50. The molecule has 0 radical (unpaired) electrons. The number of aliphatic hydroxyl groups is 1. The fourth-order valence-electron chi connectivity index (χ4n) is 2.97. The molecule has 0 bridgehead atoms. The van der Waals surface area contributed by atoms with Gasteiger partial charge < -0.3 is 9.84 Å². The van der Waals surface area contributed by atoms with Gasteiger partial charge in [0, 0.05) is 24.4 Å². The molecule has 1 aliphatic rings. The number of aliphatic hydroxyl groups excluding tert-OH is 1. The number of hydrogen-bond acceptors (Lipinski definition) is 6. The van der Waals surface area contributed by atoms with Gasteiger partial charge >= 0.3 is 5.69 Å². The zero-order chi connectivity index (χ0) is 17.3. The number of aromatic nitrogens is 5. The van der Waals surface area contributed by atoms with Crippen LogP contribution in [0.1, 0.15) is 43.3 Å². The van der Waals surface area contributed by atoms with Crippen molar-refractivity contribution in [3.05, 3.63) is 44.5 Å². The maximum atomic E-state index is 12.0. The Morgan fingerprint density at radius 3 is 2.92 bits per heavy atom. The van der Waals surface area contributed by atoms with Gasteiger partial charge in [0.25, 0.3) is 5.56 Å². The molecule has 2 N–H and O–H groups in total. The molecule has 0 aliphatic carbocycles. The Morgan fingerprint density at radius 2 is 2.21 bits per heavy atom. The van der Waals surface area contributed by atoms with Gasteiger partial charge in [0.1, 0.15) is 12.3 Å². The Balaban J connectivity index is 1.87. The van der Waals surface area contributed by atoms with Crippen LogP contribution in [-0.4, -0.2) is 42.4 Å². The molecule has 1 saturated heterocycles. The first-order valence-corrected chi connectivity index (χ1v) is 8.02. The molecule has 1 aliphatic heterocycles. The molecule has 0 spiro atoms. The van der Waals surface area contributed by atoms with Crippen LogP contribution in [0.4, 0.5) is 0 Å². The molecule has 1 fully saturated rings. The Kier molecular flexibility index (Phi) is 4.63. The SMILES string of the molecule is CCCc1cn(C2C[C@H](n3cc(C)c(=O)[nH]c3=O)O[C@@H]2CO)nn1. The van der Waals surface area contributed by atoms with E-state index >= 15 is 0 Å². The lowest BCUT2D eigenvalue weighted by atomic mass is 10.1. The predicted octanol–water partition coefficient (Wildman–Crippen LogP) is -0.0899. The highest BCUT2D eigenvalue weighted by Gasteiger charge is 2.38. The van der Waals surface area contributed by atoms with Gasteiger partial charge in [0.15, 0.2) is 0 Å². The fourth-order valence-corrected chi connectivity index (χ4v) is 2.97. The Labute approximate surface area is 137 Å². The summed E-state index contributed by atoms with van der Waals surface area (Å²) in [4.78, 5) is 25.8. The van der Waals surface area contributed by atoms with Crippen molar-refractivity contribution in [3.8, 4) is 0 Å². The summed E-state index contributed by atoms with van der Waals surface area (Å²) in [5, 5.41) is 17.9. The van der Waals surface area contributed by atoms with E-state index in [2.05, 4.69) is 22.2 Å². The fraction of sp³-hybridized carbons (Fsp3) is 0.600. The predicted molar refractivity (Wildman–Crippen MR) is 84.7 cm³/mol. The molecule has 0 amide bonds. The Hall–Kier alpha value is -2.26. The standard InChI is InChI=1S/C15H21N5O4/c1-3-4-10-7-20(18-17-10)11-5-13(24-12(11)8-21)19-6-9(2)14(22)16-15(19)23/h6-7,11-13,21H,3-5,8H2,1-2H3,(H,16,22,23)/t11?,12-,13-/m1/s1. The molecule has 0 saturated carbocycles. The number of nitrogens with one attached hydrogen (secondary N) is 1. The normalized spacial score (nSPS) is 23.7. The molecule has 130 valence electrons. The third kappa shape index (κ3) is 3.04. The number of hydrogen-bond donors (Lipinski definition) is 2. The zero-order valence-electron chi connectivity index (χ0n) is 13.7. The van der Waals surface area contributed by atoms with Crippen LogP contribution in [0.2, 0.25) is 0 Å². The average Bonchev–Trinajstić information content (AvgIpc) is 3.17. The van der Waals surface area contributed by atoms with Crippen LogP contribution in [0.25, 0.3) is 0 Å². The maximum absolute atomic E-state index is 12.0. The Bertz CT molecular complexity index is 824. The molecule has 2 aromatic heterocycles. The van der Waals surface area contributed by atoms with Crippen LogP contribution in [0.3, 0.4) is 0 Å². The molecule has 3 atom stereocenters. The molecule has 2 aromatic rings. The van der Waals surface area contributed by atoms with Crippen molar-refractivity contribution in [3.63, 3.8) is 0 Å². The highest BCUT2D eigenvalue weighted by atomic mass is 16.5. The molecule has 1 unspecified atom stereocenters. The lowest BCUT2D eigenvalue weighted by Crippen LogP contribution is -2.33. The Morgan fingerprint density at radius 1 is 1.42 bits per heavy atom.